The molecule has 1 rings (SSSR count). The number of hydrogen-bond donors (Lipinski definition) is 0. The number of unbranched alkanes of at least 4 members (excludes halogenated alkanes) is 1. The number of carbonyl (C=O) groups excluding carboxylic acids is 1. The Morgan fingerprint density at radius 2 is 2.19 bits per heavy atom. The Morgan fingerprint density at radius 1 is 1.50 bits per heavy atom. The van der Waals surface area contributed by atoms with E-state index in [1.165, 1.54) is 4.31 Å². The average Bonchev–Trinajstić information content (AvgIpc) is 2.66. The lowest BCUT2D eigenvalue weighted by Crippen LogP contribution is -2.29. The van der Waals surface area contributed by atoms with Crippen molar-refractivity contribution in [3.8, 4) is 0 Å². The Kier molecular flexibility index (Phi) is 4.73. The second-order valence-corrected chi connectivity index (χ2v) is 6.11. The lowest BCUT2D eigenvalue weighted by molar-refractivity contribution is -0.148. The van der Waals surface area contributed by atoms with Crippen molar-refractivity contribution in [3.63, 3.8) is 0 Å². The quantitative estimate of drug-likeness (QED) is 0.529. The van der Waals surface area contributed by atoms with Crippen molar-refractivity contribution in [2.45, 2.75) is 26.2 Å². The second-order valence-electron chi connectivity index (χ2n) is 4.13. The molecule has 1 unspecified atom stereocenters. The first kappa shape index (κ1) is 13.4. The SMILES string of the molecule is CCCCOC(=O)C1CCN(S(C)(=O)=O)C1. The smallest absolute Gasteiger partial charge is 0.310 e. The molecule has 0 aromatic heterocycles. The first-order valence-electron chi connectivity index (χ1n) is 5.57. The summed E-state index contributed by atoms with van der Waals surface area (Å²) in [6.07, 6.45) is 3.57. The fraction of sp³-hybridized carbons (Fsp3) is 0.900. The van der Waals surface area contributed by atoms with Gasteiger partial charge in [0.15, 0.2) is 0 Å². The van der Waals surface area contributed by atoms with Gasteiger partial charge in [0.1, 0.15) is 0 Å². The van der Waals surface area contributed by atoms with Gasteiger partial charge in [-0.15, -0.1) is 0 Å². The third kappa shape index (κ3) is 3.75. The molecule has 0 aromatic carbocycles. The molecule has 0 aromatic rings. The van der Waals surface area contributed by atoms with Gasteiger partial charge in [-0.05, 0) is 12.8 Å². The van der Waals surface area contributed by atoms with Gasteiger partial charge in [0.25, 0.3) is 0 Å². The Bertz CT molecular complexity index is 339. The molecule has 0 radical (unpaired) electrons. The van der Waals surface area contributed by atoms with Gasteiger partial charge in [-0.1, -0.05) is 13.3 Å². The maximum Gasteiger partial charge on any atom is 0.310 e. The molecule has 1 fully saturated rings. The van der Waals surface area contributed by atoms with E-state index >= 15 is 0 Å². The van der Waals surface area contributed by atoms with Crippen LogP contribution in [0.1, 0.15) is 26.2 Å². The van der Waals surface area contributed by atoms with Crippen LogP contribution >= 0.6 is 0 Å². The van der Waals surface area contributed by atoms with Crippen molar-refractivity contribution >= 4 is 16.0 Å². The van der Waals surface area contributed by atoms with E-state index in [-0.39, 0.29) is 18.4 Å². The van der Waals surface area contributed by atoms with Crippen molar-refractivity contribution in [2.24, 2.45) is 5.92 Å². The number of carbonyl (C=O) groups is 1. The van der Waals surface area contributed by atoms with E-state index in [1.807, 2.05) is 6.92 Å². The van der Waals surface area contributed by atoms with E-state index in [1.54, 1.807) is 0 Å². The molecule has 0 aliphatic carbocycles. The van der Waals surface area contributed by atoms with Crippen LogP contribution in [0.5, 0.6) is 0 Å². The summed E-state index contributed by atoms with van der Waals surface area (Å²) in [4.78, 5) is 11.5. The fourth-order valence-corrected chi connectivity index (χ4v) is 2.54. The second kappa shape index (κ2) is 5.63. The van der Waals surface area contributed by atoms with Gasteiger partial charge in [0.05, 0.1) is 18.8 Å². The zero-order valence-corrected chi connectivity index (χ0v) is 10.6. The summed E-state index contributed by atoms with van der Waals surface area (Å²) in [5.41, 5.74) is 0. The minimum Gasteiger partial charge on any atom is -0.465 e. The fourth-order valence-electron chi connectivity index (χ4n) is 1.66. The monoisotopic (exact) mass is 249 g/mol. The van der Waals surface area contributed by atoms with Crippen LogP contribution in [0.15, 0.2) is 0 Å². The molecule has 6 heteroatoms. The minimum atomic E-state index is -3.17. The summed E-state index contributed by atoms with van der Waals surface area (Å²) in [6, 6.07) is 0. The van der Waals surface area contributed by atoms with E-state index in [4.69, 9.17) is 4.74 Å². The highest BCUT2D eigenvalue weighted by Crippen LogP contribution is 2.19. The molecule has 16 heavy (non-hydrogen) atoms. The molecule has 0 N–H and O–H groups in total. The number of nitrogens with zero attached hydrogens (tertiary/aromatic N) is 1. The summed E-state index contributed by atoms with van der Waals surface area (Å²) in [7, 11) is -3.17. The maximum atomic E-state index is 11.5. The zero-order chi connectivity index (χ0) is 12.2. The molecule has 0 spiro atoms. The van der Waals surface area contributed by atoms with Crippen LogP contribution in [0.2, 0.25) is 0 Å². The van der Waals surface area contributed by atoms with Crippen molar-refractivity contribution in [3.05, 3.63) is 0 Å². The van der Waals surface area contributed by atoms with Crippen LogP contribution in [0.25, 0.3) is 0 Å². The number of ether oxygens (including phenoxy) is 1. The zero-order valence-electron chi connectivity index (χ0n) is 9.81. The van der Waals surface area contributed by atoms with Crippen LogP contribution in [0, 0.1) is 5.92 Å². The van der Waals surface area contributed by atoms with Crippen LogP contribution in [0.3, 0.4) is 0 Å². The van der Waals surface area contributed by atoms with Gasteiger partial charge in [0, 0.05) is 13.1 Å². The topological polar surface area (TPSA) is 63.7 Å². The van der Waals surface area contributed by atoms with Gasteiger partial charge in [-0.3, -0.25) is 4.79 Å². The molecule has 1 atom stereocenters. The van der Waals surface area contributed by atoms with Crippen molar-refractivity contribution < 1.29 is 17.9 Å². The molecule has 1 aliphatic heterocycles. The van der Waals surface area contributed by atoms with Crippen LogP contribution in [0.4, 0.5) is 0 Å². The predicted octanol–water partition coefficient (Wildman–Crippen LogP) is 0.611. The predicted molar refractivity (Wildman–Crippen MR) is 60.4 cm³/mol. The normalized spacial score (nSPS) is 22.2. The highest BCUT2D eigenvalue weighted by atomic mass is 32.2. The first-order chi connectivity index (χ1) is 7.45. The summed E-state index contributed by atoms with van der Waals surface area (Å²) in [6.45, 7) is 3.15. The van der Waals surface area contributed by atoms with Gasteiger partial charge < -0.3 is 4.74 Å². The summed E-state index contributed by atoms with van der Waals surface area (Å²) in [5.74, 6) is -0.550. The van der Waals surface area contributed by atoms with Crippen molar-refractivity contribution in [2.75, 3.05) is 26.0 Å². The molecular weight excluding hydrogens is 230 g/mol. The third-order valence-corrected chi connectivity index (χ3v) is 3.97. The van der Waals surface area contributed by atoms with E-state index in [0.29, 0.717) is 19.6 Å². The van der Waals surface area contributed by atoms with E-state index in [2.05, 4.69) is 0 Å². The average molecular weight is 249 g/mol. The molecule has 1 aliphatic rings. The lowest BCUT2D eigenvalue weighted by atomic mass is 10.1. The number of esters is 1. The molecule has 1 heterocycles. The molecule has 0 saturated carbocycles. The van der Waals surface area contributed by atoms with E-state index in [9.17, 15) is 13.2 Å². The molecule has 0 bridgehead atoms. The third-order valence-electron chi connectivity index (χ3n) is 2.70. The summed E-state index contributed by atoms with van der Waals surface area (Å²) in [5, 5.41) is 0. The standard InChI is InChI=1S/C10H19NO4S/c1-3-4-7-15-10(12)9-5-6-11(8-9)16(2,13)14/h9H,3-8H2,1-2H3. The largest absolute Gasteiger partial charge is 0.465 e. The Morgan fingerprint density at radius 3 is 2.69 bits per heavy atom. The Labute approximate surface area is 96.8 Å². The summed E-state index contributed by atoms with van der Waals surface area (Å²) < 4.78 is 28.9. The first-order valence-corrected chi connectivity index (χ1v) is 7.41. The van der Waals surface area contributed by atoms with Gasteiger partial charge >= 0.3 is 5.97 Å². The summed E-state index contributed by atoms with van der Waals surface area (Å²) >= 11 is 0. The van der Waals surface area contributed by atoms with Gasteiger partial charge in [0.2, 0.25) is 10.0 Å². The Hall–Kier alpha value is -0.620. The highest BCUT2D eigenvalue weighted by Gasteiger charge is 2.33. The van der Waals surface area contributed by atoms with Crippen LogP contribution in [-0.4, -0.2) is 44.6 Å². The molecule has 94 valence electrons. The minimum absolute atomic E-state index is 0.264. The van der Waals surface area contributed by atoms with Gasteiger partial charge in [-0.2, -0.15) is 0 Å². The van der Waals surface area contributed by atoms with Crippen LogP contribution < -0.4 is 0 Å². The molecule has 1 saturated heterocycles. The molecule has 5 nitrogen and oxygen atoms in total. The number of rotatable bonds is 5. The van der Waals surface area contributed by atoms with E-state index in [0.717, 1.165) is 19.1 Å². The van der Waals surface area contributed by atoms with E-state index < -0.39 is 10.0 Å². The molecule has 0 amide bonds. The number of hydrogen-bond acceptors (Lipinski definition) is 4. The Balaban J connectivity index is 2.38. The van der Waals surface area contributed by atoms with Crippen molar-refractivity contribution in [1.29, 1.82) is 0 Å². The lowest BCUT2D eigenvalue weighted by Gasteiger charge is -2.12. The molecular formula is C10H19NO4S. The van der Waals surface area contributed by atoms with Crippen molar-refractivity contribution in [1.82, 2.24) is 4.31 Å². The van der Waals surface area contributed by atoms with Crippen LogP contribution in [-0.2, 0) is 19.6 Å². The van der Waals surface area contributed by atoms with Gasteiger partial charge in [-0.25, -0.2) is 12.7 Å². The maximum absolute atomic E-state index is 11.5. The highest BCUT2D eigenvalue weighted by molar-refractivity contribution is 7.88. The number of sulfonamides is 1.